The van der Waals surface area contributed by atoms with Crippen molar-refractivity contribution >= 4 is 23.1 Å². The van der Waals surface area contributed by atoms with Gasteiger partial charge in [0.05, 0.1) is 19.6 Å². The molecule has 2 aromatic heterocycles. The molecule has 1 N–H and O–H groups in total. The second-order valence-corrected chi connectivity index (χ2v) is 6.72. The Bertz CT molecular complexity index is 933. The number of thioether (sulfide) groups is 1. The molecule has 0 amide bonds. The largest absolute Gasteiger partial charge is 0.504 e. The summed E-state index contributed by atoms with van der Waals surface area (Å²) >= 11 is 1.52. The number of benzene rings is 1. The summed E-state index contributed by atoms with van der Waals surface area (Å²) in [7, 11) is 1.51. The lowest BCUT2D eigenvalue weighted by Gasteiger charge is -2.11. The van der Waals surface area contributed by atoms with Gasteiger partial charge in [0.1, 0.15) is 22.8 Å². The van der Waals surface area contributed by atoms with Crippen LogP contribution in [-0.2, 0) is 0 Å². The third-order valence-electron chi connectivity index (χ3n) is 3.95. The van der Waals surface area contributed by atoms with E-state index in [2.05, 4.69) is 4.99 Å². The van der Waals surface area contributed by atoms with Gasteiger partial charge in [0.2, 0.25) is 0 Å². The number of phenolic OH excluding ortho intramolecular Hbond substituents is 1. The van der Waals surface area contributed by atoms with Crippen molar-refractivity contribution in [1.82, 2.24) is 0 Å². The van der Waals surface area contributed by atoms with E-state index < -0.39 is 0 Å². The summed E-state index contributed by atoms with van der Waals surface area (Å²) in [5.74, 6) is 2.09. The Hall–Kier alpha value is -2.93. The molecule has 6 nitrogen and oxygen atoms in total. The fourth-order valence-corrected chi connectivity index (χ4v) is 3.79. The molecule has 0 saturated heterocycles. The zero-order chi connectivity index (χ0) is 17.9. The Labute approximate surface area is 154 Å². The van der Waals surface area contributed by atoms with Crippen LogP contribution in [-0.4, -0.2) is 23.6 Å². The molecule has 0 saturated carbocycles. The van der Waals surface area contributed by atoms with Crippen LogP contribution in [0.3, 0.4) is 0 Å². The Kier molecular flexibility index (Phi) is 4.53. The van der Waals surface area contributed by atoms with Crippen molar-refractivity contribution in [1.29, 1.82) is 0 Å². The van der Waals surface area contributed by atoms with Crippen LogP contribution in [0.1, 0.15) is 28.4 Å². The Morgan fingerprint density at radius 2 is 1.92 bits per heavy atom. The number of aliphatic imine (C=N–C) groups is 2. The van der Waals surface area contributed by atoms with E-state index >= 15 is 0 Å². The average Bonchev–Trinajstić information content (AvgIpc) is 3.40. The van der Waals surface area contributed by atoms with Crippen LogP contribution < -0.4 is 4.74 Å². The predicted octanol–water partition coefficient (Wildman–Crippen LogP) is 4.59. The third kappa shape index (κ3) is 3.25. The lowest BCUT2D eigenvalue weighted by molar-refractivity contribution is 0.373. The van der Waals surface area contributed by atoms with Gasteiger partial charge in [-0.15, -0.1) is 0 Å². The third-order valence-corrected chi connectivity index (χ3v) is 5.12. The molecule has 1 aromatic carbocycles. The lowest BCUT2D eigenvalue weighted by Crippen LogP contribution is -1.99. The molecule has 0 bridgehead atoms. The van der Waals surface area contributed by atoms with E-state index in [9.17, 15) is 5.11 Å². The molecule has 3 aromatic rings. The van der Waals surface area contributed by atoms with E-state index in [-0.39, 0.29) is 17.0 Å². The Morgan fingerprint density at radius 1 is 1.15 bits per heavy atom. The minimum atomic E-state index is -0.192. The monoisotopic (exact) mass is 368 g/mol. The summed E-state index contributed by atoms with van der Waals surface area (Å²) < 4.78 is 16.2. The van der Waals surface area contributed by atoms with Gasteiger partial charge in [-0.25, -0.2) is 9.98 Å². The lowest BCUT2D eigenvalue weighted by atomic mass is 10.1. The molecule has 26 heavy (non-hydrogen) atoms. The predicted molar refractivity (Wildman–Crippen MR) is 100 cm³/mol. The summed E-state index contributed by atoms with van der Waals surface area (Å²) in [6.07, 6.45) is 4.98. The van der Waals surface area contributed by atoms with Gasteiger partial charge in [0.25, 0.3) is 0 Å². The first-order valence-electron chi connectivity index (χ1n) is 7.97. The van der Waals surface area contributed by atoms with Gasteiger partial charge in [-0.1, -0.05) is 11.8 Å². The van der Waals surface area contributed by atoms with E-state index in [0.29, 0.717) is 10.9 Å². The number of rotatable bonds is 4. The minimum Gasteiger partial charge on any atom is -0.504 e. The molecule has 2 atom stereocenters. The maximum absolute atomic E-state index is 9.68. The number of phenols is 1. The summed E-state index contributed by atoms with van der Waals surface area (Å²) in [6.45, 7) is 0. The van der Waals surface area contributed by atoms with Gasteiger partial charge >= 0.3 is 0 Å². The molecule has 1 aliphatic heterocycles. The van der Waals surface area contributed by atoms with Crippen molar-refractivity contribution in [2.24, 2.45) is 9.98 Å². The molecule has 0 radical (unpaired) electrons. The molecular weight excluding hydrogens is 352 g/mol. The van der Waals surface area contributed by atoms with E-state index in [1.54, 1.807) is 36.9 Å². The first-order chi connectivity index (χ1) is 12.7. The van der Waals surface area contributed by atoms with Gasteiger partial charge in [-0.3, -0.25) is 0 Å². The van der Waals surface area contributed by atoms with Gasteiger partial charge in [-0.05, 0) is 48.0 Å². The van der Waals surface area contributed by atoms with Gasteiger partial charge < -0.3 is 18.7 Å². The molecule has 4 rings (SSSR count). The van der Waals surface area contributed by atoms with Crippen molar-refractivity contribution < 1.29 is 18.7 Å². The SMILES string of the molecule is COc1cc(C=NC2=N[C@@H](c3ccco3)[C@H](c3ccco3)S2)ccc1O. The number of hydrogen-bond donors (Lipinski definition) is 1. The number of nitrogens with zero attached hydrogens (tertiary/aromatic N) is 2. The smallest absolute Gasteiger partial charge is 0.184 e. The molecule has 0 unspecified atom stereocenters. The van der Waals surface area contributed by atoms with Crippen LogP contribution in [0, 0.1) is 0 Å². The van der Waals surface area contributed by atoms with Crippen LogP contribution in [0.15, 0.2) is 73.8 Å². The number of hydrogen-bond acceptors (Lipinski definition) is 7. The van der Waals surface area contributed by atoms with Gasteiger partial charge in [-0.2, -0.15) is 0 Å². The number of ether oxygens (including phenoxy) is 1. The van der Waals surface area contributed by atoms with E-state index in [0.717, 1.165) is 17.1 Å². The zero-order valence-corrected chi connectivity index (χ0v) is 14.7. The van der Waals surface area contributed by atoms with Crippen molar-refractivity contribution in [2.45, 2.75) is 11.3 Å². The normalized spacial score (nSPS) is 19.8. The first kappa shape index (κ1) is 16.5. The highest BCUT2D eigenvalue weighted by Gasteiger charge is 2.36. The van der Waals surface area contributed by atoms with Crippen LogP contribution in [0.5, 0.6) is 11.5 Å². The standard InChI is InChI=1S/C19H16N2O4S/c1-23-16-10-12(6-7-13(16)22)11-20-19-21-17(14-4-2-8-24-14)18(26-19)15-5-3-9-25-15/h2-11,17-18,22H,1H3/t17-,18-/m0/s1. The van der Waals surface area contributed by atoms with Crippen LogP contribution in [0.25, 0.3) is 0 Å². The topological polar surface area (TPSA) is 80.5 Å². The molecule has 1 aliphatic rings. The number of aromatic hydroxyl groups is 1. The van der Waals surface area contributed by atoms with Crippen LogP contribution >= 0.6 is 11.8 Å². The minimum absolute atomic E-state index is 0.0300. The number of furan rings is 2. The van der Waals surface area contributed by atoms with E-state index in [1.165, 1.54) is 18.9 Å². The van der Waals surface area contributed by atoms with E-state index in [1.807, 2.05) is 24.3 Å². The Morgan fingerprint density at radius 3 is 2.62 bits per heavy atom. The molecule has 0 spiro atoms. The average molecular weight is 368 g/mol. The van der Waals surface area contributed by atoms with Gasteiger partial charge in [0, 0.05) is 6.21 Å². The summed E-state index contributed by atoms with van der Waals surface area (Å²) in [4.78, 5) is 9.18. The van der Waals surface area contributed by atoms with Gasteiger partial charge in [0.15, 0.2) is 16.7 Å². The molecule has 0 aliphatic carbocycles. The van der Waals surface area contributed by atoms with Crippen LogP contribution in [0.2, 0.25) is 0 Å². The number of methoxy groups -OCH3 is 1. The van der Waals surface area contributed by atoms with E-state index in [4.69, 9.17) is 18.6 Å². The maximum atomic E-state index is 9.68. The molecule has 132 valence electrons. The highest BCUT2D eigenvalue weighted by molar-refractivity contribution is 8.14. The van der Waals surface area contributed by atoms with Crippen molar-refractivity contribution in [3.8, 4) is 11.5 Å². The fourth-order valence-electron chi connectivity index (χ4n) is 2.70. The quantitative estimate of drug-likeness (QED) is 0.681. The first-order valence-corrected chi connectivity index (χ1v) is 8.85. The summed E-state index contributed by atoms with van der Waals surface area (Å²) in [5, 5.41) is 10.3. The zero-order valence-electron chi connectivity index (χ0n) is 13.9. The van der Waals surface area contributed by atoms with Crippen molar-refractivity contribution in [3.05, 3.63) is 72.1 Å². The summed E-state index contributed by atoms with van der Waals surface area (Å²) in [6, 6.07) is 12.4. The second kappa shape index (κ2) is 7.13. The van der Waals surface area contributed by atoms with Crippen molar-refractivity contribution in [3.63, 3.8) is 0 Å². The highest BCUT2D eigenvalue weighted by atomic mass is 32.2. The molecule has 7 heteroatoms. The van der Waals surface area contributed by atoms with Crippen molar-refractivity contribution in [2.75, 3.05) is 7.11 Å². The maximum Gasteiger partial charge on any atom is 0.184 e. The molecule has 3 heterocycles. The molecule has 0 fully saturated rings. The fraction of sp³-hybridized carbons (Fsp3) is 0.158. The Balaban J connectivity index is 1.59. The van der Waals surface area contributed by atoms with Crippen LogP contribution in [0.4, 0.5) is 0 Å². The highest BCUT2D eigenvalue weighted by Crippen LogP contribution is 2.48. The molecular formula is C19H16N2O4S. The second-order valence-electron chi connectivity index (χ2n) is 5.62. The number of amidine groups is 1. The summed E-state index contributed by atoms with van der Waals surface area (Å²) in [5.41, 5.74) is 0.805.